The molecule has 0 unspecified atom stereocenters. The Kier molecular flexibility index (Phi) is 6.82. The number of amides is 3. The number of benzene rings is 2. The number of anilines is 1. The largest absolute Gasteiger partial charge is 0.337 e. The van der Waals surface area contributed by atoms with E-state index in [1.807, 2.05) is 54.2 Å². The topological polar surface area (TPSA) is 74.7 Å². The quantitative estimate of drug-likeness (QED) is 0.534. The molecule has 0 saturated carbocycles. The van der Waals surface area contributed by atoms with Crippen molar-refractivity contribution in [2.75, 3.05) is 18.4 Å². The molecule has 2 aromatic rings. The van der Waals surface area contributed by atoms with E-state index in [2.05, 4.69) is 16.2 Å². The van der Waals surface area contributed by atoms with E-state index in [0.717, 1.165) is 36.7 Å². The third kappa shape index (κ3) is 5.09. The number of thioether (sulfide) groups is 1. The minimum atomic E-state index is -0.450. The van der Waals surface area contributed by atoms with Crippen molar-refractivity contribution in [2.24, 2.45) is 11.8 Å². The molecule has 4 N–H and O–H groups in total. The van der Waals surface area contributed by atoms with E-state index in [9.17, 15) is 9.59 Å². The Morgan fingerprint density at radius 1 is 1.00 bits per heavy atom. The van der Waals surface area contributed by atoms with E-state index < -0.39 is 6.03 Å². The first kappa shape index (κ1) is 21.0. The highest BCUT2D eigenvalue weighted by molar-refractivity contribution is 7.98. The maximum absolute atomic E-state index is 13.0. The molecule has 3 aliphatic heterocycles. The summed E-state index contributed by atoms with van der Waals surface area (Å²) < 4.78 is 0. The van der Waals surface area contributed by atoms with E-state index in [-0.39, 0.29) is 17.2 Å². The van der Waals surface area contributed by atoms with Crippen molar-refractivity contribution < 1.29 is 14.5 Å². The fourth-order valence-electron chi connectivity index (χ4n) is 4.38. The van der Waals surface area contributed by atoms with Crippen LogP contribution in [0.25, 0.3) is 0 Å². The van der Waals surface area contributed by atoms with Gasteiger partial charge >= 0.3 is 6.03 Å². The Bertz CT molecular complexity index is 872. The molecule has 2 bridgehead atoms. The van der Waals surface area contributed by atoms with Crippen LogP contribution < -0.4 is 21.1 Å². The van der Waals surface area contributed by atoms with Crippen LogP contribution in [0.1, 0.15) is 18.4 Å². The Balaban J connectivity index is 1.35. The molecule has 0 aromatic heterocycles. The summed E-state index contributed by atoms with van der Waals surface area (Å²) >= 11 is 7.81. The molecule has 8 heteroatoms. The average Bonchev–Trinajstić information content (AvgIpc) is 2.78. The first-order valence-electron chi connectivity index (χ1n) is 10.2. The molecule has 2 aromatic carbocycles. The predicted octanol–water partition coefficient (Wildman–Crippen LogP) is 2.68. The summed E-state index contributed by atoms with van der Waals surface area (Å²) in [7, 11) is 0. The summed E-state index contributed by atoms with van der Waals surface area (Å²) in [5.41, 5.74) is 7.03. The molecule has 3 heterocycles. The molecule has 5 rings (SSSR count). The monoisotopic (exact) mass is 445 g/mol. The number of hydrogen-bond donors (Lipinski definition) is 4. The van der Waals surface area contributed by atoms with Gasteiger partial charge in [-0.1, -0.05) is 53.7 Å². The number of para-hydroxylation sites is 1. The van der Waals surface area contributed by atoms with Gasteiger partial charge in [-0.2, -0.15) is 0 Å². The Morgan fingerprint density at radius 2 is 1.70 bits per heavy atom. The van der Waals surface area contributed by atoms with Crippen LogP contribution in [-0.4, -0.2) is 30.4 Å². The molecule has 158 valence electrons. The molecule has 3 amide bonds. The second-order valence-corrected chi connectivity index (χ2v) is 9.38. The number of hydrazine groups is 1. The number of fused-ring (bicyclic) bond motifs is 3. The molecule has 0 aliphatic carbocycles. The first-order valence-corrected chi connectivity index (χ1v) is 11.7. The normalized spacial score (nSPS) is 24.8. The van der Waals surface area contributed by atoms with Crippen LogP contribution in [0.15, 0.2) is 54.6 Å². The zero-order chi connectivity index (χ0) is 20.9. The van der Waals surface area contributed by atoms with Crippen molar-refractivity contribution in [1.29, 1.82) is 0 Å². The van der Waals surface area contributed by atoms with E-state index in [0.29, 0.717) is 11.6 Å². The van der Waals surface area contributed by atoms with Crippen LogP contribution in [0.2, 0.25) is 5.02 Å². The number of halogens is 1. The van der Waals surface area contributed by atoms with Crippen LogP contribution in [0.5, 0.6) is 0 Å². The van der Waals surface area contributed by atoms with Gasteiger partial charge in [0.15, 0.2) is 0 Å². The molecule has 30 heavy (non-hydrogen) atoms. The highest BCUT2D eigenvalue weighted by Crippen LogP contribution is 2.34. The summed E-state index contributed by atoms with van der Waals surface area (Å²) in [6.07, 6.45) is 2.11. The number of quaternary nitrogens is 1. The summed E-state index contributed by atoms with van der Waals surface area (Å²) in [6.45, 7) is 2.21. The number of urea groups is 1. The lowest BCUT2D eigenvalue weighted by atomic mass is 9.78. The van der Waals surface area contributed by atoms with E-state index in [4.69, 9.17) is 11.6 Å². The second-order valence-electron chi connectivity index (χ2n) is 7.81. The van der Waals surface area contributed by atoms with Crippen LogP contribution in [0, 0.1) is 11.8 Å². The van der Waals surface area contributed by atoms with Gasteiger partial charge in [0.25, 0.3) is 0 Å². The minimum absolute atomic E-state index is 0.103. The van der Waals surface area contributed by atoms with Gasteiger partial charge in [0, 0.05) is 29.3 Å². The van der Waals surface area contributed by atoms with Gasteiger partial charge in [-0.15, -0.1) is 0 Å². The summed E-state index contributed by atoms with van der Waals surface area (Å²) in [5.74, 6) is 0.985. The summed E-state index contributed by atoms with van der Waals surface area (Å²) in [4.78, 5) is 26.6. The van der Waals surface area contributed by atoms with Gasteiger partial charge < -0.3 is 10.2 Å². The van der Waals surface area contributed by atoms with Crippen molar-refractivity contribution in [3.05, 3.63) is 65.2 Å². The van der Waals surface area contributed by atoms with E-state index in [1.54, 1.807) is 12.1 Å². The molecule has 3 saturated heterocycles. The predicted molar refractivity (Wildman–Crippen MR) is 120 cm³/mol. The molecule has 0 radical (unpaired) electrons. The number of hydrogen-bond acceptors (Lipinski definition) is 3. The molecule has 3 aliphatic rings. The number of nitrogens with one attached hydrogen (secondary N) is 4. The Morgan fingerprint density at radius 3 is 2.40 bits per heavy atom. The molecule has 6 nitrogen and oxygen atoms in total. The van der Waals surface area contributed by atoms with Crippen LogP contribution in [-0.2, 0) is 10.5 Å². The van der Waals surface area contributed by atoms with Crippen molar-refractivity contribution in [3.8, 4) is 0 Å². The standard InChI is InChI=1S/C22H25ClN4O2S/c23-17-8-6-15(7-9-17)14-30-21-19(16-10-12-27(21)13-11-16)20(28)25-26-22(29)24-18-4-2-1-3-5-18/h1-9,16,19,21H,10-14H2,(H,25,28)(H2,24,26,29)/p+1/t19-,21+/m1/s1. The Labute approximate surface area is 185 Å². The smallest absolute Gasteiger partial charge is 0.323 e. The SMILES string of the molecule is O=C(NNC(=O)[C@H]1C2CC[NH+](CC2)[C@H]1SCc1ccc(Cl)cc1)Nc1ccccc1. The lowest BCUT2D eigenvalue weighted by molar-refractivity contribution is -0.930. The highest BCUT2D eigenvalue weighted by atomic mass is 35.5. The maximum Gasteiger partial charge on any atom is 0.337 e. The fourth-order valence-corrected chi connectivity index (χ4v) is 6.10. The van der Waals surface area contributed by atoms with Crippen molar-refractivity contribution in [1.82, 2.24) is 10.9 Å². The third-order valence-corrected chi connectivity index (χ3v) is 7.62. The lowest BCUT2D eigenvalue weighted by Gasteiger charge is -2.46. The average molecular weight is 446 g/mol. The molecular weight excluding hydrogens is 420 g/mol. The van der Waals surface area contributed by atoms with Gasteiger partial charge in [0.2, 0.25) is 5.91 Å². The minimum Gasteiger partial charge on any atom is -0.323 e. The van der Waals surface area contributed by atoms with Crippen molar-refractivity contribution in [3.63, 3.8) is 0 Å². The van der Waals surface area contributed by atoms with Gasteiger partial charge in [-0.25, -0.2) is 10.2 Å². The zero-order valence-corrected chi connectivity index (χ0v) is 18.1. The number of rotatable bonds is 5. The van der Waals surface area contributed by atoms with E-state index >= 15 is 0 Å². The van der Waals surface area contributed by atoms with Gasteiger partial charge in [0.1, 0.15) is 11.3 Å². The number of piperidine rings is 3. The van der Waals surface area contributed by atoms with Gasteiger partial charge in [-0.3, -0.25) is 10.2 Å². The number of carbonyl (C=O) groups is 2. The lowest BCUT2D eigenvalue weighted by Crippen LogP contribution is -3.19. The van der Waals surface area contributed by atoms with Gasteiger partial charge in [-0.05, 0) is 35.7 Å². The molecule has 0 spiro atoms. The van der Waals surface area contributed by atoms with Crippen molar-refractivity contribution in [2.45, 2.75) is 24.0 Å². The summed E-state index contributed by atoms with van der Waals surface area (Å²) in [6, 6.07) is 16.6. The maximum atomic E-state index is 13.0. The molecule has 3 fully saturated rings. The Hall–Kier alpha value is -2.22. The number of carbonyl (C=O) groups excluding carboxylic acids is 2. The molecule has 2 atom stereocenters. The highest BCUT2D eigenvalue weighted by Gasteiger charge is 2.49. The van der Waals surface area contributed by atoms with Crippen LogP contribution in [0.4, 0.5) is 10.5 Å². The second kappa shape index (κ2) is 9.73. The first-order chi connectivity index (χ1) is 14.6. The summed E-state index contributed by atoms with van der Waals surface area (Å²) in [5, 5.41) is 3.63. The fraction of sp³-hybridized carbons (Fsp3) is 0.364. The van der Waals surface area contributed by atoms with Crippen molar-refractivity contribution >= 4 is 41.0 Å². The third-order valence-electron chi connectivity index (χ3n) is 5.89. The molecular formula is C22H26ClN4O2S+. The van der Waals surface area contributed by atoms with E-state index in [1.165, 1.54) is 10.5 Å². The van der Waals surface area contributed by atoms with Gasteiger partial charge in [0.05, 0.1) is 13.1 Å². The van der Waals surface area contributed by atoms with Crippen LogP contribution >= 0.6 is 23.4 Å². The van der Waals surface area contributed by atoms with Crippen LogP contribution in [0.3, 0.4) is 0 Å². The zero-order valence-electron chi connectivity index (χ0n) is 16.6.